The third-order valence-corrected chi connectivity index (χ3v) is 2.47. The maximum absolute atomic E-state index is 11.4. The van der Waals surface area contributed by atoms with Gasteiger partial charge in [0.2, 0.25) is 0 Å². The van der Waals surface area contributed by atoms with E-state index in [0.29, 0.717) is 0 Å². The van der Waals surface area contributed by atoms with Crippen molar-refractivity contribution in [3.05, 3.63) is 11.8 Å². The summed E-state index contributed by atoms with van der Waals surface area (Å²) in [6.45, 7) is 5.90. The summed E-state index contributed by atoms with van der Waals surface area (Å²) in [6, 6.07) is 0. The summed E-state index contributed by atoms with van der Waals surface area (Å²) in [6.07, 6.45) is 8.22. The molecule has 0 aliphatic heterocycles. The quantitative estimate of drug-likeness (QED) is 0.751. The van der Waals surface area contributed by atoms with E-state index in [-0.39, 0.29) is 12.5 Å². The highest BCUT2D eigenvalue weighted by atomic mass is 16.6. The minimum atomic E-state index is -0.392. The first-order valence-electron chi connectivity index (χ1n) is 6.10. The highest BCUT2D eigenvalue weighted by Crippen LogP contribution is 2.21. The van der Waals surface area contributed by atoms with Crippen LogP contribution in [0.15, 0.2) is 11.8 Å². The molecule has 1 aliphatic carbocycles. The van der Waals surface area contributed by atoms with Gasteiger partial charge in [0.1, 0.15) is 12.1 Å². The summed E-state index contributed by atoms with van der Waals surface area (Å²) in [7, 11) is 0. The SMILES string of the molecule is CC(C)(C)OC(=O)CNC=C1CCCCC1. The first-order valence-corrected chi connectivity index (χ1v) is 6.10. The lowest BCUT2D eigenvalue weighted by atomic mass is 9.96. The number of rotatable bonds is 3. The molecule has 0 saturated heterocycles. The topological polar surface area (TPSA) is 38.3 Å². The van der Waals surface area contributed by atoms with Crippen LogP contribution in [0.4, 0.5) is 0 Å². The van der Waals surface area contributed by atoms with E-state index in [1.54, 1.807) is 0 Å². The van der Waals surface area contributed by atoms with Crippen LogP contribution in [0, 0.1) is 0 Å². The maximum atomic E-state index is 11.4. The molecule has 0 aromatic heterocycles. The van der Waals surface area contributed by atoms with Crippen molar-refractivity contribution in [1.82, 2.24) is 5.32 Å². The molecule has 1 N–H and O–H groups in total. The van der Waals surface area contributed by atoms with Gasteiger partial charge in [-0.05, 0) is 52.7 Å². The fraction of sp³-hybridized carbons (Fsp3) is 0.769. The summed E-state index contributed by atoms with van der Waals surface area (Å²) in [5.41, 5.74) is 1.03. The zero-order valence-corrected chi connectivity index (χ0v) is 10.6. The third kappa shape index (κ3) is 5.79. The van der Waals surface area contributed by atoms with Crippen LogP contribution in [0.2, 0.25) is 0 Å². The van der Waals surface area contributed by atoms with E-state index in [9.17, 15) is 4.79 Å². The van der Waals surface area contributed by atoms with Crippen molar-refractivity contribution < 1.29 is 9.53 Å². The Bertz CT molecular complexity index is 256. The lowest BCUT2D eigenvalue weighted by Crippen LogP contribution is -2.29. The molecule has 3 nitrogen and oxygen atoms in total. The Morgan fingerprint density at radius 1 is 1.31 bits per heavy atom. The van der Waals surface area contributed by atoms with Gasteiger partial charge in [-0.15, -0.1) is 0 Å². The largest absolute Gasteiger partial charge is 0.459 e. The molecule has 16 heavy (non-hydrogen) atoms. The minimum Gasteiger partial charge on any atom is -0.459 e. The van der Waals surface area contributed by atoms with E-state index >= 15 is 0 Å². The summed E-state index contributed by atoms with van der Waals surface area (Å²) in [5.74, 6) is -0.194. The van der Waals surface area contributed by atoms with Crippen LogP contribution >= 0.6 is 0 Å². The number of esters is 1. The van der Waals surface area contributed by atoms with E-state index < -0.39 is 5.60 Å². The molecule has 1 saturated carbocycles. The van der Waals surface area contributed by atoms with Gasteiger partial charge in [0, 0.05) is 0 Å². The second-order valence-electron chi connectivity index (χ2n) is 5.33. The van der Waals surface area contributed by atoms with Gasteiger partial charge in [0.25, 0.3) is 0 Å². The lowest BCUT2D eigenvalue weighted by Gasteiger charge is -2.19. The van der Waals surface area contributed by atoms with Crippen LogP contribution in [0.3, 0.4) is 0 Å². The predicted molar refractivity (Wildman–Crippen MR) is 65.0 cm³/mol. The van der Waals surface area contributed by atoms with Crippen molar-refractivity contribution in [2.45, 2.75) is 58.5 Å². The summed E-state index contributed by atoms with van der Waals surface area (Å²) >= 11 is 0. The fourth-order valence-electron chi connectivity index (χ4n) is 1.81. The van der Waals surface area contributed by atoms with Crippen LogP contribution in [0.25, 0.3) is 0 Å². The Morgan fingerprint density at radius 3 is 2.50 bits per heavy atom. The van der Waals surface area contributed by atoms with Gasteiger partial charge in [-0.1, -0.05) is 12.0 Å². The van der Waals surface area contributed by atoms with Gasteiger partial charge < -0.3 is 10.1 Å². The Balaban J connectivity index is 2.21. The molecule has 1 rings (SSSR count). The Labute approximate surface area is 98.2 Å². The Morgan fingerprint density at radius 2 is 1.94 bits per heavy atom. The fourth-order valence-corrected chi connectivity index (χ4v) is 1.81. The van der Waals surface area contributed by atoms with E-state index in [1.807, 2.05) is 27.0 Å². The van der Waals surface area contributed by atoms with Crippen LogP contribution in [0.5, 0.6) is 0 Å². The Kier molecular flexibility index (Phi) is 4.84. The summed E-state index contributed by atoms with van der Waals surface area (Å²) < 4.78 is 5.20. The number of carbonyl (C=O) groups excluding carboxylic acids is 1. The van der Waals surface area contributed by atoms with Gasteiger partial charge >= 0.3 is 5.97 Å². The zero-order chi connectivity index (χ0) is 12.0. The molecular weight excluding hydrogens is 202 g/mol. The molecular formula is C13H23NO2. The second-order valence-corrected chi connectivity index (χ2v) is 5.33. The standard InChI is InChI=1S/C13H23NO2/c1-13(2,3)16-12(15)10-14-9-11-7-5-4-6-8-11/h9,14H,4-8,10H2,1-3H3. The molecule has 0 spiro atoms. The molecule has 1 aliphatic rings. The van der Waals surface area contributed by atoms with Crippen molar-refractivity contribution in [2.75, 3.05) is 6.54 Å². The van der Waals surface area contributed by atoms with Crippen LogP contribution in [0.1, 0.15) is 52.9 Å². The normalized spacial score (nSPS) is 16.8. The highest BCUT2D eigenvalue weighted by molar-refractivity contribution is 5.72. The molecule has 0 aromatic carbocycles. The predicted octanol–water partition coefficient (Wildman–Crippen LogP) is 2.77. The van der Waals surface area contributed by atoms with Crippen molar-refractivity contribution >= 4 is 5.97 Å². The number of carbonyl (C=O) groups is 1. The molecule has 0 atom stereocenters. The van der Waals surface area contributed by atoms with E-state index in [1.165, 1.54) is 37.7 Å². The second kappa shape index (κ2) is 5.92. The number of hydrogen-bond donors (Lipinski definition) is 1. The van der Waals surface area contributed by atoms with Crippen molar-refractivity contribution in [3.8, 4) is 0 Å². The van der Waals surface area contributed by atoms with Crippen LogP contribution in [-0.2, 0) is 9.53 Å². The maximum Gasteiger partial charge on any atom is 0.325 e. The number of ether oxygens (including phenoxy) is 1. The van der Waals surface area contributed by atoms with E-state index in [0.717, 1.165) is 0 Å². The number of allylic oxidation sites excluding steroid dienone is 1. The average molecular weight is 225 g/mol. The molecule has 3 heteroatoms. The van der Waals surface area contributed by atoms with Crippen LogP contribution < -0.4 is 5.32 Å². The molecule has 1 fully saturated rings. The first-order chi connectivity index (χ1) is 7.47. The highest BCUT2D eigenvalue weighted by Gasteiger charge is 2.15. The third-order valence-electron chi connectivity index (χ3n) is 2.47. The van der Waals surface area contributed by atoms with Crippen molar-refractivity contribution in [2.24, 2.45) is 0 Å². The van der Waals surface area contributed by atoms with Gasteiger partial charge in [-0.2, -0.15) is 0 Å². The van der Waals surface area contributed by atoms with Crippen molar-refractivity contribution in [3.63, 3.8) is 0 Å². The van der Waals surface area contributed by atoms with E-state index in [4.69, 9.17) is 4.74 Å². The number of nitrogens with one attached hydrogen (secondary N) is 1. The van der Waals surface area contributed by atoms with Crippen LogP contribution in [-0.4, -0.2) is 18.1 Å². The molecule has 0 amide bonds. The average Bonchev–Trinajstić information content (AvgIpc) is 2.16. The van der Waals surface area contributed by atoms with Gasteiger partial charge in [0.05, 0.1) is 0 Å². The summed E-state index contributed by atoms with van der Waals surface area (Å²) in [5, 5.41) is 3.04. The van der Waals surface area contributed by atoms with E-state index in [2.05, 4.69) is 5.32 Å². The molecule has 0 heterocycles. The van der Waals surface area contributed by atoms with Gasteiger partial charge in [-0.25, -0.2) is 0 Å². The monoisotopic (exact) mass is 225 g/mol. The molecule has 0 bridgehead atoms. The first kappa shape index (κ1) is 13.1. The van der Waals surface area contributed by atoms with Gasteiger partial charge in [0.15, 0.2) is 0 Å². The Hall–Kier alpha value is -0.990. The lowest BCUT2D eigenvalue weighted by molar-refractivity contribution is -0.153. The van der Waals surface area contributed by atoms with Crippen molar-refractivity contribution in [1.29, 1.82) is 0 Å². The zero-order valence-electron chi connectivity index (χ0n) is 10.6. The molecule has 0 radical (unpaired) electrons. The number of hydrogen-bond acceptors (Lipinski definition) is 3. The summed E-state index contributed by atoms with van der Waals surface area (Å²) in [4.78, 5) is 11.4. The smallest absolute Gasteiger partial charge is 0.325 e. The van der Waals surface area contributed by atoms with Gasteiger partial charge in [-0.3, -0.25) is 4.79 Å². The molecule has 92 valence electrons. The minimum absolute atomic E-state index is 0.194. The molecule has 0 aromatic rings. The molecule has 0 unspecified atom stereocenters.